The first kappa shape index (κ1) is 13.2. The Morgan fingerprint density at radius 2 is 1.75 bits per heavy atom. The highest BCUT2D eigenvalue weighted by Gasteiger charge is 2.24. The normalized spacial score (nSPS) is 21.4. The monoisotopic (exact) mass is 288 g/mol. The Labute approximate surface area is 122 Å². The van der Waals surface area contributed by atoms with Crippen molar-refractivity contribution in [3.63, 3.8) is 0 Å². The second-order valence-electron chi connectivity index (χ2n) is 4.99. The molecule has 2 amide bonds. The molecule has 0 spiro atoms. The van der Waals surface area contributed by atoms with E-state index in [2.05, 4.69) is 22.3 Å². The average Bonchev–Trinajstić information content (AvgIpc) is 2.79. The van der Waals surface area contributed by atoms with Crippen molar-refractivity contribution in [3.8, 4) is 0 Å². The number of rotatable bonds is 2. The minimum absolute atomic E-state index is 0.300. The van der Waals surface area contributed by atoms with E-state index in [-0.39, 0.29) is 11.1 Å². The number of thioether (sulfide) groups is 1. The van der Waals surface area contributed by atoms with Crippen molar-refractivity contribution in [2.45, 2.75) is 19.3 Å². The van der Waals surface area contributed by atoms with Crippen molar-refractivity contribution in [2.24, 2.45) is 0 Å². The first-order valence-electron chi connectivity index (χ1n) is 6.82. The van der Waals surface area contributed by atoms with Crippen molar-refractivity contribution >= 4 is 34.7 Å². The van der Waals surface area contributed by atoms with Gasteiger partial charge in [-0.3, -0.25) is 14.9 Å². The van der Waals surface area contributed by atoms with Gasteiger partial charge in [0.2, 0.25) is 0 Å². The smallest absolute Gasteiger partial charge is 0.290 e. The Bertz CT molecular complexity index is 560. The lowest BCUT2D eigenvalue weighted by Gasteiger charge is -2.28. The molecule has 2 aliphatic heterocycles. The number of nitrogens with zero attached hydrogens (tertiary/aromatic N) is 1. The molecule has 0 radical (unpaired) electrons. The van der Waals surface area contributed by atoms with E-state index in [1.165, 1.54) is 24.9 Å². The highest BCUT2D eigenvalue weighted by atomic mass is 32.2. The Morgan fingerprint density at radius 3 is 2.35 bits per heavy atom. The number of carbonyl (C=O) groups is 2. The largest absolute Gasteiger partial charge is 0.372 e. The van der Waals surface area contributed by atoms with Crippen LogP contribution in [0.25, 0.3) is 6.08 Å². The molecular weight excluding hydrogens is 272 g/mol. The van der Waals surface area contributed by atoms with Crippen LogP contribution in [0.4, 0.5) is 10.5 Å². The van der Waals surface area contributed by atoms with Crippen LogP contribution in [0.3, 0.4) is 0 Å². The number of imide groups is 1. The number of hydrogen-bond donors (Lipinski definition) is 1. The summed E-state index contributed by atoms with van der Waals surface area (Å²) in [5, 5.41) is 1.96. The SMILES string of the molecule is O=C1NC(=O)/C(=C/c2ccc(N3CCCCC3)cc2)S1. The fourth-order valence-corrected chi connectivity index (χ4v) is 3.19. The Balaban J connectivity index is 1.74. The van der Waals surface area contributed by atoms with Gasteiger partial charge in [0, 0.05) is 18.8 Å². The number of nitrogens with one attached hydrogen (secondary N) is 1. The summed E-state index contributed by atoms with van der Waals surface area (Å²) in [6.07, 6.45) is 5.58. The van der Waals surface area contributed by atoms with Crippen molar-refractivity contribution in [3.05, 3.63) is 34.7 Å². The first-order valence-corrected chi connectivity index (χ1v) is 7.64. The number of piperidine rings is 1. The van der Waals surface area contributed by atoms with Crippen LogP contribution in [-0.4, -0.2) is 24.2 Å². The zero-order chi connectivity index (χ0) is 13.9. The summed E-state index contributed by atoms with van der Waals surface area (Å²) in [5.74, 6) is -0.305. The molecule has 0 unspecified atom stereocenters. The molecule has 3 rings (SSSR count). The summed E-state index contributed by atoms with van der Waals surface area (Å²) in [4.78, 5) is 25.4. The molecule has 0 saturated carbocycles. The lowest BCUT2D eigenvalue weighted by Crippen LogP contribution is -2.29. The number of anilines is 1. The molecular formula is C15H16N2O2S. The third-order valence-electron chi connectivity index (χ3n) is 3.55. The molecule has 0 bridgehead atoms. The van der Waals surface area contributed by atoms with Gasteiger partial charge in [-0.1, -0.05) is 12.1 Å². The minimum Gasteiger partial charge on any atom is -0.372 e. The highest BCUT2D eigenvalue weighted by molar-refractivity contribution is 8.18. The van der Waals surface area contributed by atoms with Crippen LogP contribution in [0.5, 0.6) is 0 Å². The molecule has 4 nitrogen and oxygen atoms in total. The first-order chi connectivity index (χ1) is 9.72. The third-order valence-corrected chi connectivity index (χ3v) is 4.36. The van der Waals surface area contributed by atoms with E-state index in [9.17, 15) is 9.59 Å². The van der Waals surface area contributed by atoms with E-state index in [4.69, 9.17) is 0 Å². The van der Waals surface area contributed by atoms with Crippen molar-refractivity contribution in [1.82, 2.24) is 5.32 Å². The third kappa shape index (κ3) is 2.88. The van der Waals surface area contributed by atoms with E-state index in [0.717, 1.165) is 30.4 Å². The fraction of sp³-hybridized carbons (Fsp3) is 0.333. The summed E-state index contributed by atoms with van der Waals surface area (Å²) < 4.78 is 0. The maximum atomic E-state index is 11.5. The quantitative estimate of drug-likeness (QED) is 0.850. The molecule has 0 atom stereocenters. The van der Waals surface area contributed by atoms with Crippen molar-refractivity contribution in [2.75, 3.05) is 18.0 Å². The summed E-state index contributed by atoms with van der Waals surface area (Å²) in [5.41, 5.74) is 2.17. The van der Waals surface area contributed by atoms with Crippen LogP contribution in [0.15, 0.2) is 29.2 Å². The molecule has 0 aliphatic carbocycles. The summed E-state index contributed by atoms with van der Waals surface area (Å²) in [6.45, 7) is 2.24. The molecule has 1 N–H and O–H groups in total. The number of amides is 2. The molecule has 2 fully saturated rings. The molecule has 1 aromatic carbocycles. The zero-order valence-electron chi connectivity index (χ0n) is 11.1. The van der Waals surface area contributed by atoms with E-state index < -0.39 is 0 Å². The van der Waals surface area contributed by atoms with Gasteiger partial charge in [0.1, 0.15) is 0 Å². The Morgan fingerprint density at radius 1 is 1.05 bits per heavy atom. The fourth-order valence-electron chi connectivity index (χ4n) is 2.51. The Kier molecular flexibility index (Phi) is 3.78. The summed E-state index contributed by atoms with van der Waals surface area (Å²) >= 11 is 0.952. The van der Waals surface area contributed by atoms with Crippen LogP contribution in [0, 0.1) is 0 Å². The molecule has 2 saturated heterocycles. The molecule has 0 aromatic heterocycles. The molecule has 104 valence electrons. The van der Waals surface area contributed by atoms with E-state index in [0.29, 0.717) is 4.91 Å². The van der Waals surface area contributed by atoms with Gasteiger partial charge in [-0.15, -0.1) is 0 Å². The molecule has 2 heterocycles. The lowest BCUT2D eigenvalue weighted by molar-refractivity contribution is -0.115. The van der Waals surface area contributed by atoms with Crippen LogP contribution in [-0.2, 0) is 4.79 Å². The predicted molar refractivity (Wildman–Crippen MR) is 81.6 cm³/mol. The minimum atomic E-state index is -0.305. The summed E-state index contributed by atoms with van der Waals surface area (Å²) in [6, 6.07) is 8.15. The van der Waals surface area contributed by atoms with Crippen LogP contribution in [0.1, 0.15) is 24.8 Å². The van der Waals surface area contributed by atoms with Gasteiger partial charge in [0.05, 0.1) is 4.91 Å². The van der Waals surface area contributed by atoms with Crippen molar-refractivity contribution < 1.29 is 9.59 Å². The van der Waals surface area contributed by atoms with E-state index >= 15 is 0 Å². The van der Waals surface area contributed by atoms with Gasteiger partial charge < -0.3 is 4.90 Å². The second-order valence-corrected chi connectivity index (χ2v) is 6.01. The van der Waals surface area contributed by atoms with E-state index in [1.807, 2.05) is 12.1 Å². The van der Waals surface area contributed by atoms with Gasteiger partial charge in [-0.2, -0.15) is 0 Å². The maximum Gasteiger partial charge on any atom is 0.290 e. The number of carbonyl (C=O) groups excluding carboxylic acids is 2. The number of benzene rings is 1. The Hall–Kier alpha value is -1.75. The molecule has 20 heavy (non-hydrogen) atoms. The number of hydrogen-bond acceptors (Lipinski definition) is 4. The predicted octanol–water partition coefficient (Wildman–Crippen LogP) is 3.00. The lowest BCUT2D eigenvalue weighted by atomic mass is 10.1. The van der Waals surface area contributed by atoms with Gasteiger partial charge >= 0.3 is 0 Å². The highest BCUT2D eigenvalue weighted by Crippen LogP contribution is 2.26. The maximum absolute atomic E-state index is 11.5. The topological polar surface area (TPSA) is 49.4 Å². The second kappa shape index (κ2) is 5.71. The van der Waals surface area contributed by atoms with Crippen molar-refractivity contribution in [1.29, 1.82) is 0 Å². The molecule has 1 aromatic rings. The van der Waals surface area contributed by atoms with Crippen LogP contribution >= 0.6 is 11.8 Å². The van der Waals surface area contributed by atoms with Crippen LogP contribution < -0.4 is 10.2 Å². The molecule has 2 aliphatic rings. The van der Waals surface area contributed by atoms with Gasteiger partial charge in [-0.05, 0) is 54.8 Å². The van der Waals surface area contributed by atoms with Gasteiger partial charge in [-0.25, -0.2) is 0 Å². The van der Waals surface area contributed by atoms with Gasteiger partial charge in [0.15, 0.2) is 0 Å². The summed E-state index contributed by atoms with van der Waals surface area (Å²) in [7, 11) is 0. The average molecular weight is 288 g/mol. The van der Waals surface area contributed by atoms with Gasteiger partial charge in [0.25, 0.3) is 11.1 Å². The van der Waals surface area contributed by atoms with Crippen LogP contribution in [0.2, 0.25) is 0 Å². The van der Waals surface area contributed by atoms with E-state index in [1.54, 1.807) is 6.08 Å². The standard InChI is InChI=1S/C15H16N2O2S/c18-14-13(20-15(19)16-14)10-11-4-6-12(7-5-11)17-8-2-1-3-9-17/h4-7,10H,1-3,8-9H2,(H,16,18,19)/b13-10-. The zero-order valence-corrected chi connectivity index (χ0v) is 11.9. The molecule has 5 heteroatoms.